The Balaban J connectivity index is 1.97. The molecular weight excluding hydrogens is 184 g/mol. The molecule has 1 aliphatic rings. The molecule has 2 nitrogen and oxygen atoms in total. The van der Waals surface area contributed by atoms with Gasteiger partial charge in [0.25, 0.3) is 0 Å². The van der Waals surface area contributed by atoms with E-state index in [1.807, 2.05) is 0 Å². The molecule has 0 saturated heterocycles. The van der Waals surface area contributed by atoms with E-state index in [1.165, 1.54) is 18.4 Å². The molecule has 2 rings (SSSR count). The van der Waals surface area contributed by atoms with Crippen molar-refractivity contribution in [3.05, 3.63) is 35.9 Å². The molecule has 82 valence electrons. The molecule has 0 radical (unpaired) electrons. The van der Waals surface area contributed by atoms with Gasteiger partial charge in [0.15, 0.2) is 0 Å². The number of benzene rings is 1. The van der Waals surface area contributed by atoms with Crippen molar-refractivity contribution in [2.45, 2.75) is 24.8 Å². The summed E-state index contributed by atoms with van der Waals surface area (Å²) in [5.74, 6) is 0.483. The van der Waals surface area contributed by atoms with Gasteiger partial charge in [-0.1, -0.05) is 30.3 Å². The fraction of sp³-hybridized carbons (Fsp3) is 0.538. The maximum absolute atomic E-state index is 5.85. The topological polar surface area (TPSA) is 29.3 Å². The monoisotopic (exact) mass is 204 g/mol. The van der Waals surface area contributed by atoms with Gasteiger partial charge in [-0.3, -0.25) is 0 Å². The maximum Gasteiger partial charge on any atom is 0.00936 e. The number of nitrogens with zero attached hydrogens (tertiary/aromatic N) is 1. The average molecular weight is 204 g/mol. The van der Waals surface area contributed by atoms with Crippen molar-refractivity contribution in [2.24, 2.45) is 5.73 Å². The van der Waals surface area contributed by atoms with Crippen LogP contribution < -0.4 is 5.73 Å². The van der Waals surface area contributed by atoms with Crippen molar-refractivity contribution < 1.29 is 0 Å². The zero-order chi connectivity index (χ0) is 10.7. The van der Waals surface area contributed by atoms with Crippen LogP contribution in [0.3, 0.4) is 0 Å². The lowest BCUT2D eigenvalue weighted by Crippen LogP contribution is -2.30. The number of hydrogen-bond donors (Lipinski definition) is 1. The summed E-state index contributed by atoms with van der Waals surface area (Å²) < 4.78 is 0. The lowest BCUT2D eigenvalue weighted by Gasteiger charge is -2.23. The van der Waals surface area contributed by atoms with Crippen LogP contribution in [0, 0.1) is 0 Å². The predicted octanol–water partition coefficient (Wildman–Crippen LogP) is 1.82. The highest BCUT2D eigenvalue weighted by molar-refractivity contribution is 5.20. The minimum Gasteiger partial charge on any atom is -0.330 e. The van der Waals surface area contributed by atoms with Gasteiger partial charge in [-0.2, -0.15) is 0 Å². The molecule has 1 aliphatic carbocycles. The molecule has 1 fully saturated rings. The van der Waals surface area contributed by atoms with Gasteiger partial charge in [0.1, 0.15) is 0 Å². The molecule has 1 aromatic carbocycles. The highest BCUT2D eigenvalue weighted by Crippen LogP contribution is 2.27. The Morgan fingerprint density at radius 1 is 1.33 bits per heavy atom. The van der Waals surface area contributed by atoms with Gasteiger partial charge in [-0.25, -0.2) is 0 Å². The summed E-state index contributed by atoms with van der Waals surface area (Å²) in [5, 5.41) is 0. The second-order valence-electron chi connectivity index (χ2n) is 4.51. The van der Waals surface area contributed by atoms with Gasteiger partial charge in [0, 0.05) is 25.0 Å². The molecule has 0 aliphatic heterocycles. The Morgan fingerprint density at radius 3 is 2.53 bits per heavy atom. The Hall–Kier alpha value is -0.860. The first-order valence-corrected chi connectivity index (χ1v) is 5.76. The normalized spacial score (nSPS) is 18.1. The molecule has 0 spiro atoms. The first kappa shape index (κ1) is 10.7. The zero-order valence-corrected chi connectivity index (χ0v) is 9.39. The molecule has 1 atom stereocenters. The maximum atomic E-state index is 5.85. The summed E-state index contributed by atoms with van der Waals surface area (Å²) in [6, 6.07) is 11.4. The van der Waals surface area contributed by atoms with E-state index in [2.05, 4.69) is 42.3 Å². The molecule has 1 unspecified atom stereocenters. The Bertz CT molecular complexity index is 293. The number of likely N-dealkylation sites (N-methyl/N-ethyl adjacent to an activating group) is 1. The van der Waals surface area contributed by atoms with Gasteiger partial charge < -0.3 is 10.6 Å². The first-order valence-electron chi connectivity index (χ1n) is 5.76. The van der Waals surface area contributed by atoms with Gasteiger partial charge in [0.05, 0.1) is 0 Å². The number of hydrogen-bond acceptors (Lipinski definition) is 2. The summed E-state index contributed by atoms with van der Waals surface area (Å²) in [4.78, 5) is 2.45. The van der Waals surface area contributed by atoms with Crippen LogP contribution in [0.15, 0.2) is 30.3 Å². The van der Waals surface area contributed by atoms with E-state index >= 15 is 0 Å². The van der Waals surface area contributed by atoms with E-state index < -0.39 is 0 Å². The van der Waals surface area contributed by atoms with Crippen LogP contribution in [0.25, 0.3) is 0 Å². The zero-order valence-electron chi connectivity index (χ0n) is 9.39. The van der Waals surface area contributed by atoms with Crippen LogP contribution in [0.5, 0.6) is 0 Å². The van der Waals surface area contributed by atoms with Crippen LogP contribution in [-0.4, -0.2) is 31.1 Å². The summed E-state index contributed by atoms with van der Waals surface area (Å²) in [7, 11) is 2.21. The average Bonchev–Trinajstić information content (AvgIpc) is 3.10. The molecular formula is C13H20N2. The second-order valence-corrected chi connectivity index (χ2v) is 4.51. The van der Waals surface area contributed by atoms with E-state index in [1.54, 1.807) is 0 Å². The van der Waals surface area contributed by atoms with Crippen LogP contribution in [0.2, 0.25) is 0 Å². The van der Waals surface area contributed by atoms with E-state index in [0.29, 0.717) is 5.92 Å². The van der Waals surface area contributed by atoms with Crippen molar-refractivity contribution in [1.29, 1.82) is 0 Å². The third-order valence-electron chi connectivity index (χ3n) is 3.23. The molecule has 15 heavy (non-hydrogen) atoms. The summed E-state index contributed by atoms with van der Waals surface area (Å²) >= 11 is 0. The lowest BCUT2D eigenvalue weighted by atomic mass is 9.99. The molecule has 1 saturated carbocycles. The van der Waals surface area contributed by atoms with Crippen LogP contribution >= 0.6 is 0 Å². The van der Waals surface area contributed by atoms with E-state index in [4.69, 9.17) is 5.73 Å². The summed E-state index contributed by atoms with van der Waals surface area (Å²) in [5.41, 5.74) is 7.22. The largest absolute Gasteiger partial charge is 0.330 e. The predicted molar refractivity (Wildman–Crippen MR) is 63.9 cm³/mol. The van der Waals surface area contributed by atoms with Crippen molar-refractivity contribution in [3.8, 4) is 0 Å². The van der Waals surface area contributed by atoms with E-state index in [0.717, 1.165) is 19.1 Å². The molecule has 0 aromatic heterocycles. The first-order chi connectivity index (χ1) is 7.31. The van der Waals surface area contributed by atoms with Crippen molar-refractivity contribution in [2.75, 3.05) is 20.1 Å². The van der Waals surface area contributed by atoms with Gasteiger partial charge >= 0.3 is 0 Å². The second kappa shape index (κ2) is 4.77. The highest BCUT2D eigenvalue weighted by atomic mass is 15.2. The molecule has 0 amide bonds. The summed E-state index contributed by atoms with van der Waals surface area (Å²) in [6.45, 7) is 1.83. The molecule has 2 heteroatoms. The van der Waals surface area contributed by atoms with E-state index in [9.17, 15) is 0 Å². The fourth-order valence-corrected chi connectivity index (χ4v) is 2.05. The molecule has 2 N–H and O–H groups in total. The fourth-order valence-electron chi connectivity index (χ4n) is 2.05. The van der Waals surface area contributed by atoms with E-state index in [-0.39, 0.29) is 0 Å². The molecule has 0 heterocycles. The van der Waals surface area contributed by atoms with Crippen LogP contribution in [-0.2, 0) is 0 Å². The standard InChI is InChI=1S/C13H20N2/c1-15(13-7-8-13)10-12(9-14)11-5-3-2-4-6-11/h2-6,12-13H,7-10,14H2,1H3. The highest BCUT2D eigenvalue weighted by Gasteiger charge is 2.27. The Kier molecular flexibility index (Phi) is 3.39. The minimum atomic E-state index is 0.483. The Labute approximate surface area is 92.1 Å². The quantitative estimate of drug-likeness (QED) is 0.792. The van der Waals surface area contributed by atoms with Crippen molar-refractivity contribution in [3.63, 3.8) is 0 Å². The number of rotatable bonds is 5. The number of nitrogens with two attached hydrogens (primary N) is 1. The minimum absolute atomic E-state index is 0.483. The van der Waals surface area contributed by atoms with Gasteiger partial charge in [-0.15, -0.1) is 0 Å². The van der Waals surface area contributed by atoms with Crippen LogP contribution in [0.1, 0.15) is 24.3 Å². The van der Waals surface area contributed by atoms with Crippen molar-refractivity contribution in [1.82, 2.24) is 4.90 Å². The third kappa shape index (κ3) is 2.80. The van der Waals surface area contributed by atoms with Gasteiger partial charge in [0.2, 0.25) is 0 Å². The Morgan fingerprint density at radius 2 is 2.00 bits per heavy atom. The summed E-state index contributed by atoms with van der Waals surface area (Å²) in [6.07, 6.45) is 2.73. The van der Waals surface area contributed by atoms with Crippen LogP contribution in [0.4, 0.5) is 0 Å². The lowest BCUT2D eigenvalue weighted by molar-refractivity contribution is 0.302. The third-order valence-corrected chi connectivity index (χ3v) is 3.23. The molecule has 1 aromatic rings. The van der Waals surface area contributed by atoms with Gasteiger partial charge in [-0.05, 0) is 25.5 Å². The smallest absolute Gasteiger partial charge is 0.00936 e. The molecule has 0 bridgehead atoms. The van der Waals surface area contributed by atoms with Crippen molar-refractivity contribution >= 4 is 0 Å². The SMILES string of the molecule is CN(CC(CN)c1ccccc1)C1CC1.